The summed E-state index contributed by atoms with van der Waals surface area (Å²) in [4.78, 5) is 26.3. The van der Waals surface area contributed by atoms with Crippen molar-refractivity contribution in [3.05, 3.63) is 59.4 Å². The maximum absolute atomic E-state index is 13.6. The Morgan fingerprint density at radius 1 is 1.23 bits per heavy atom. The predicted molar refractivity (Wildman–Crippen MR) is 93.6 cm³/mol. The second-order valence-corrected chi connectivity index (χ2v) is 6.32. The molecule has 0 aliphatic carbocycles. The molecule has 1 unspecified atom stereocenters. The molecule has 1 fully saturated rings. The molecule has 0 spiro atoms. The van der Waals surface area contributed by atoms with E-state index in [-0.39, 0.29) is 30.3 Å². The second kappa shape index (κ2) is 6.76. The third-order valence-electron chi connectivity index (χ3n) is 4.60. The van der Waals surface area contributed by atoms with Crippen LogP contribution >= 0.6 is 0 Å². The van der Waals surface area contributed by atoms with E-state index in [2.05, 4.69) is 10.6 Å². The van der Waals surface area contributed by atoms with Gasteiger partial charge in [-0.25, -0.2) is 4.39 Å². The SMILES string of the molecule is O=C1COc2ccc(C(=O)N3CCNCC3c3cccc(F)c3)cc2N1. The Kier molecular flexibility index (Phi) is 4.30. The topological polar surface area (TPSA) is 70.7 Å². The van der Waals surface area contributed by atoms with Gasteiger partial charge in [0.05, 0.1) is 11.7 Å². The summed E-state index contributed by atoms with van der Waals surface area (Å²) in [5, 5.41) is 5.96. The molecule has 2 aromatic rings. The number of halogens is 1. The molecule has 2 aliphatic rings. The van der Waals surface area contributed by atoms with Crippen LogP contribution in [0.5, 0.6) is 5.75 Å². The number of nitrogens with one attached hydrogen (secondary N) is 2. The lowest BCUT2D eigenvalue weighted by atomic mass is 10.0. The summed E-state index contributed by atoms with van der Waals surface area (Å²) in [7, 11) is 0. The molecule has 2 aliphatic heterocycles. The van der Waals surface area contributed by atoms with Gasteiger partial charge in [0.2, 0.25) is 0 Å². The van der Waals surface area contributed by atoms with Crippen molar-refractivity contribution in [1.29, 1.82) is 0 Å². The van der Waals surface area contributed by atoms with Crippen molar-refractivity contribution < 1.29 is 18.7 Å². The summed E-state index contributed by atoms with van der Waals surface area (Å²) in [6.45, 7) is 1.71. The van der Waals surface area contributed by atoms with Gasteiger partial charge in [-0.1, -0.05) is 12.1 Å². The van der Waals surface area contributed by atoms with Crippen LogP contribution < -0.4 is 15.4 Å². The van der Waals surface area contributed by atoms with E-state index in [0.717, 1.165) is 5.56 Å². The molecule has 134 valence electrons. The minimum Gasteiger partial charge on any atom is -0.482 e. The number of carbonyl (C=O) groups is 2. The predicted octanol–water partition coefficient (Wildman–Crippen LogP) is 1.94. The number of ether oxygens (including phenoxy) is 1. The first-order valence-corrected chi connectivity index (χ1v) is 8.46. The van der Waals surface area contributed by atoms with Crippen molar-refractivity contribution in [3.8, 4) is 5.75 Å². The van der Waals surface area contributed by atoms with E-state index in [1.807, 2.05) is 6.07 Å². The molecule has 2 heterocycles. The van der Waals surface area contributed by atoms with Gasteiger partial charge in [-0.15, -0.1) is 0 Å². The molecule has 0 radical (unpaired) electrons. The average Bonchev–Trinajstić information content (AvgIpc) is 2.67. The standard InChI is InChI=1S/C19H18FN3O3/c20-14-3-1-2-12(8-14)16-10-21-6-7-23(16)19(25)13-4-5-17-15(9-13)22-18(24)11-26-17/h1-5,8-9,16,21H,6-7,10-11H2,(H,22,24). The van der Waals surface area contributed by atoms with E-state index < -0.39 is 0 Å². The number of fused-ring (bicyclic) bond motifs is 1. The van der Waals surface area contributed by atoms with Crippen LogP contribution in [0.3, 0.4) is 0 Å². The third kappa shape index (κ3) is 3.13. The fraction of sp³-hybridized carbons (Fsp3) is 0.263. The van der Waals surface area contributed by atoms with Crippen LogP contribution in [0.25, 0.3) is 0 Å². The molecule has 7 heteroatoms. The number of piperazine rings is 1. The van der Waals surface area contributed by atoms with Crippen LogP contribution in [0.4, 0.5) is 10.1 Å². The quantitative estimate of drug-likeness (QED) is 0.864. The molecule has 2 N–H and O–H groups in total. The van der Waals surface area contributed by atoms with Gasteiger partial charge in [0.25, 0.3) is 11.8 Å². The molecule has 0 bridgehead atoms. The molecule has 2 aromatic carbocycles. The minimum absolute atomic E-state index is 0.0280. The van der Waals surface area contributed by atoms with Crippen molar-refractivity contribution >= 4 is 17.5 Å². The number of hydrogen-bond acceptors (Lipinski definition) is 4. The molecule has 0 saturated carbocycles. The van der Waals surface area contributed by atoms with Crippen molar-refractivity contribution in [2.75, 3.05) is 31.6 Å². The van der Waals surface area contributed by atoms with Gasteiger partial charge in [0, 0.05) is 25.2 Å². The van der Waals surface area contributed by atoms with Crippen molar-refractivity contribution in [2.24, 2.45) is 0 Å². The second-order valence-electron chi connectivity index (χ2n) is 6.32. The first kappa shape index (κ1) is 16.5. The lowest BCUT2D eigenvalue weighted by Gasteiger charge is -2.36. The number of benzene rings is 2. The average molecular weight is 355 g/mol. The third-order valence-corrected chi connectivity index (χ3v) is 4.60. The van der Waals surface area contributed by atoms with Gasteiger partial charge in [-0.3, -0.25) is 9.59 Å². The van der Waals surface area contributed by atoms with Crippen LogP contribution in [-0.4, -0.2) is 43.0 Å². The van der Waals surface area contributed by atoms with Crippen LogP contribution in [0.2, 0.25) is 0 Å². The molecular formula is C19H18FN3O3. The summed E-state index contributed by atoms with van der Waals surface area (Å²) in [6, 6.07) is 11.0. The fourth-order valence-electron chi connectivity index (χ4n) is 3.34. The van der Waals surface area contributed by atoms with Crippen LogP contribution in [-0.2, 0) is 4.79 Å². The molecule has 2 amide bonds. The van der Waals surface area contributed by atoms with E-state index in [0.29, 0.717) is 36.6 Å². The lowest BCUT2D eigenvalue weighted by Crippen LogP contribution is -2.48. The van der Waals surface area contributed by atoms with Crippen molar-refractivity contribution in [2.45, 2.75) is 6.04 Å². The Morgan fingerprint density at radius 3 is 2.96 bits per heavy atom. The highest BCUT2D eigenvalue weighted by Gasteiger charge is 2.29. The Hall–Kier alpha value is -2.93. The molecular weight excluding hydrogens is 337 g/mol. The highest BCUT2D eigenvalue weighted by molar-refractivity contribution is 6.00. The number of amides is 2. The Balaban J connectivity index is 1.63. The lowest BCUT2D eigenvalue weighted by molar-refractivity contribution is -0.118. The minimum atomic E-state index is -0.325. The maximum atomic E-state index is 13.6. The first-order valence-electron chi connectivity index (χ1n) is 8.46. The Labute approximate surface area is 149 Å². The monoisotopic (exact) mass is 355 g/mol. The number of rotatable bonds is 2. The van der Waals surface area contributed by atoms with Gasteiger partial charge in [-0.2, -0.15) is 0 Å². The van der Waals surface area contributed by atoms with Crippen LogP contribution in [0, 0.1) is 5.82 Å². The normalized spacial score (nSPS) is 19.3. The van der Waals surface area contributed by atoms with E-state index >= 15 is 0 Å². The molecule has 4 rings (SSSR count). The van der Waals surface area contributed by atoms with Crippen LogP contribution in [0.1, 0.15) is 22.0 Å². The van der Waals surface area contributed by atoms with Crippen molar-refractivity contribution in [3.63, 3.8) is 0 Å². The molecule has 1 saturated heterocycles. The smallest absolute Gasteiger partial charge is 0.262 e. The highest BCUT2D eigenvalue weighted by atomic mass is 19.1. The van der Waals surface area contributed by atoms with Crippen LogP contribution in [0.15, 0.2) is 42.5 Å². The first-order chi connectivity index (χ1) is 12.6. The number of anilines is 1. The van der Waals surface area contributed by atoms with E-state index in [1.54, 1.807) is 29.2 Å². The summed E-state index contributed by atoms with van der Waals surface area (Å²) in [6.07, 6.45) is 0. The van der Waals surface area contributed by atoms with Crippen molar-refractivity contribution in [1.82, 2.24) is 10.2 Å². The Morgan fingerprint density at radius 2 is 2.12 bits per heavy atom. The molecule has 1 atom stereocenters. The highest BCUT2D eigenvalue weighted by Crippen LogP contribution is 2.30. The van der Waals surface area contributed by atoms with Gasteiger partial charge in [-0.05, 0) is 35.9 Å². The number of hydrogen-bond donors (Lipinski definition) is 2. The fourth-order valence-corrected chi connectivity index (χ4v) is 3.34. The summed E-state index contributed by atoms with van der Waals surface area (Å²) in [5.74, 6) is -0.192. The zero-order chi connectivity index (χ0) is 18.1. The maximum Gasteiger partial charge on any atom is 0.262 e. The van der Waals surface area contributed by atoms with Gasteiger partial charge >= 0.3 is 0 Å². The molecule has 0 aromatic heterocycles. The summed E-state index contributed by atoms with van der Waals surface area (Å²) < 4.78 is 19.0. The molecule has 6 nitrogen and oxygen atoms in total. The largest absolute Gasteiger partial charge is 0.482 e. The van der Waals surface area contributed by atoms with Gasteiger partial charge in [0.15, 0.2) is 6.61 Å². The summed E-state index contributed by atoms with van der Waals surface area (Å²) >= 11 is 0. The van der Waals surface area contributed by atoms with Gasteiger partial charge in [0.1, 0.15) is 11.6 Å². The molecule has 26 heavy (non-hydrogen) atoms. The van der Waals surface area contributed by atoms with Gasteiger partial charge < -0.3 is 20.3 Å². The number of nitrogens with zero attached hydrogens (tertiary/aromatic N) is 1. The van der Waals surface area contributed by atoms with E-state index in [9.17, 15) is 14.0 Å². The zero-order valence-electron chi connectivity index (χ0n) is 14.0. The van der Waals surface area contributed by atoms with E-state index in [1.165, 1.54) is 12.1 Å². The van der Waals surface area contributed by atoms with E-state index in [4.69, 9.17) is 4.74 Å². The number of carbonyl (C=O) groups excluding carboxylic acids is 2. The zero-order valence-corrected chi connectivity index (χ0v) is 14.0. The Bertz CT molecular complexity index is 871. The summed E-state index contributed by atoms with van der Waals surface area (Å²) in [5.41, 5.74) is 1.70.